The van der Waals surface area contributed by atoms with E-state index in [4.69, 9.17) is 0 Å². The van der Waals surface area contributed by atoms with Gasteiger partial charge in [0, 0.05) is 12.5 Å². The number of carbonyl (C=O) groups excluding carboxylic acids is 1. The Morgan fingerprint density at radius 1 is 1.10 bits per heavy atom. The van der Waals surface area contributed by atoms with Crippen LogP contribution in [0, 0.1) is 0 Å². The van der Waals surface area contributed by atoms with Crippen molar-refractivity contribution in [3.63, 3.8) is 0 Å². The second-order valence-electron chi connectivity index (χ2n) is 6.22. The van der Waals surface area contributed by atoms with Crippen LogP contribution in [0.1, 0.15) is 33.3 Å². The molecular weight excluding hydrogens is 248 g/mol. The van der Waals surface area contributed by atoms with Crippen LogP contribution in [0.2, 0.25) is 0 Å². The van der Waals surface area contributed by atoms with Gasteiger partial charge in [-0.2, -0.15) is 0 Å². The SMILES string of the molecule is CC(=O)N[NH+](Cc1cccc2ccccc12)C(C)(C)C. The van der Waals surface area contributed by atoms with Crippen molar-refractivity contribution in [2.75, 3.05) is 0 Å². The molecular formula is C17H23N2O+. The molecule has 0 aliphatic carbocycles. The lowest BCUT2D eigenvalue weighted by molar-refractivity contribution is -0.993. The van der Waals surface area contributed by atoms with Gasteiger partial charge in [-0.3, -0.25) is 4.79 Å². The first-order valence-electron chi connectivity index (χ1n) is 6.98. The van der Waals surface area contributed by atoms with Gasteiger partial charge in [0.05, 0.1) is 0 Å². The molecule has 1 unspecified atom stereocenters. The Morgan fingerprint density at radius 2 is 1.75 bits per heavy atom. The first kappa shape index (κ1) is 14.5. The highest BCUT2D eigenvalue weighted by Gasteiger charge is 2.27. The summed E-state index contributed by atoms with van der Waals surface area (Å²) in [5.41, 5.74) is 4.21. The zero-order valence-corrected chi connectivity index (χ0v) is 12.7. The van der Waals surface area contributed by atoms with Crippen LogP contribution in [0.25, 0.3) is 10.8 Å². The predicted octanol–water partition coefficient (Wildman–Crippen LogP) is 2.07. The average Bonchev–Trinajstić information content (AvgIpc) is 2.37. The maximum Gasteiger partial charge on any atom is 0.261 e. The molecule has 1 atom stereocenters. The molecule has 2 rings (SSSR count). The van der Waals surface area contributed by atoms with Gasteiger partial charge in [0.2, 0.25) is 0 Å². The van der Waals surface area contributed by atoms with Crippen molar-refractivity contribution in [2.45, 2.75) is 39.8 Å². The van der Waals surface area contributed by atoms with Gasteiger partial charge in [0.1, 0.15) is 12.1 Å². The molecule has 0 radical (unpaired) electrons. The zero-order chi connectivity index (χ0) is 14.8. The van der Waals surface area contributed by atoms with Gasteiger partial charge in [0.25, 0.3) is 5.91 Å². The van der Waals surface area contributed by atoms with E-state index in [0.717, 1.165) is 11.6 Å². The lowest BCUT2D eigenvalue weighted by atomic mass is 10.0. The molecule has 2 N–H and O–H groups in total. The number of carbonyl (C=O) groups is 1. The lowest BCUT2D eigenvalue weighted by Gasteiger charge is -2.31. The Kier molecular flexibility index (Phi) is 4.09. The predicted molar refractivity (Wildman–Crippen MR) is 82.2 cm³/mol. The monoisotopic (exact) mass is 271 g/mol. The molecule has 0 bridgehead atoms. The Labute approximate surface area is 120 Å². The highest BCUT2D eigenvalue weighted by Crippen LogP contribution is 2.17. The molecule has 3 heteroatoms. The van der Waals surface area contributed by atoms with Crippen LogP contribution in [-0.4, -0.2) is 11.4 Å². The van der Waals surface area contributed by atoms with E-state index in [1.807, 2.05) is 6.07 Å². The number of fused-ring (bicyclic) bond motifs is 1. The topological polar surface area (TPSA) is 33.5 Å². The minimum atomic E-state index is -0.0530. The average molecular weight is 271 g/mol. The van der Waals surface area contributed by atoms with Crippen LogP contribution in [-0.2, 0) is 11.3 Å². The van der Waals surface area contributed by atoms with Crippen LogP contribution in [0.15, 0.2) is 42.5 Å². The van der Waals surface area contributed by atoms with E-state index in [2.05, 4.69) is 62.6 Å². The lowest BCUT2D eigenvalue weighted by Crippen LogP contribution is -3.24. The largest absolute Gasteiger partial charge is 0.270 e. The Bertz CT molecular complexity index is 608. The summed E-state index contributed by atoms with van der Waals surface area (Å²) in [6, 6.07) is 14.7. The van der Waals surface area contributed by atoms with Crippen molar-refractivity contribution in [1.29, 1.82) is 0 Å². The molecule has 0 fully saturated rings. The van der Waals surface area contributed by atoms with Crippen molar-refractivity contribution in [3.05, 3.63) is 48.0 Å². The molecule has 0 saturated heterocycles. The summed E-state index contributed by atoms with van der Waals surface area (Å²) in [5, 5.41) is 3.55. The van der Waals surface area contributed by atoms with E-state index in [1.165, 1.54) is 16.3 Å². The highest BCUT2D eigenvalue weighted by atomic mass is 16.2. The van der Waals surface area contributed by atoms with Crippen LogP contribution < -0.4 is 10.4 Å². The van der Waals surface area contributed by atoms with Crippen molar-refractivity contribution in [1.82, 2.24) is 5.43 Å². The molecule has 2 aromatic carbocycles. The minimum absolute atomic E-state index is 0.00448. The Balaban J connectivity index is 2.36. The highest BCUT2D eigenvalue weighted by molar-refractivity contribution is 5.85. The van der Waals surface area contributed by atoms with Gasteiger partial charge in [0.15, 0.2) is 0 Å². The van der Waals surface area contributed by atoms with Gasteiger partial charge in [-0.1, -0.05) is 42.5 Å². The van der Waals surface area contributed by atoms with Gasteiger partial charge in [-0.15, -0.1) is 0 Å². The number of amides is 1. The van der Waals surface area contributed by atoms with Crippen LogP contribution >= 0.6 is 0 Å². The molecule has 0 aliphatic heterocycles. The van der Waals surface area contributed by atoms with Gasteiger partial charge >= 0.3 is 0 Å². The van der Waals surface area contributed by atoms with E-state index in [9.17, 15) is 4.79 Å². The standard InChI is InChI=1S/C17H22N2O/c1-13(20)18-19(17(2,3)4)12-15-10-7-9-14-8-5-6-11-16(14)15/h5-11H,12H2,1-4H3,(H,18,20)/p+1. The second kappa shape index (κ2) is 5.63. The summed E-state index contributed by atoms with van der Waals surface area (Å²) < 4.78 is 0. The van der Waals surface area contributed by atoms with E-state index in [1.54, 1.807) is 6.92 Å². The van der Waals surface area contributed by atoms with E-state index in [-0.39, 0.29) is 11.4 Å². The zero-order valence-electron chi connectivity index (χ0n) is 12.7. The maximum atomic E-state index is 11.4. The van der Waals surface area contributed by atoms with Crippen molar-refractivity contribution in [3.8, 4) is 0 Å². The fraction of sp³-hybridized carbons (Fsp3) is 0.353. The van der Waals surface area contributed by atoms with Crippen LogP contribution in [0.3, 0.4) is 0 Å². The third-order valence-electron chi connectivity index (χ3n) is 3.48. The number of benzene rings is 2. The third kappa shape index (κ3) is 3.36. The summed E-state index contributed by atoms with van der Waals surface area (Å²) in [6.45, 7) is 8.72. The molecule has 0 spiro atoms. The minimum Gasteiger partial charge on any atom is -0.270 e. The molecule has 0 aromatic heterocycles. The number of rotatable bonds is 3. The number of hydrogen-bond donors (Lipinski definition) is 2. The molecule has 0 saturated carbocycles. The van der Waals surface area contributed by atoms with Gasteiger partial charge < -0.3 is 0 Å². The Morgan fingerprint density at radius 3 is 2.40 bits per heavy atom. The van der Waals surface area contributed by atoms with Crippen LogP contribution in [0.5, 0.6) is 0 Å². The molecule has 106 valence electrons. The van der Waals surface area contributed by atoms with Gasteiger partial charge in [-0.25, -0.2) is 10.4 Å². The fourth-order valence-corrected chi connectivity index (χ4v) is 2.35. The summed E-state index contributed by atoms with van der Waals surface area (Å²) in [5.74, 6) is -0.00448. The van der Waals surface area contributed by atoms with Crippen molar-refractivity contribution < 1.29 is 9.80 Å². The number of nitrogens with one attached hydrogen (secondary N) is 2. The number of hydrogen-bond acceptors (Lipinski definition) is 1. The fourth-order valence-electron chi connectivity index (χ4n) is 2.35. The summed E-state index contributed by atoms with van der Waals surface area (Å²) in [6.07, 6.45) is 0. The van der Waals surface area contributed by atoms with E-state index in [0.29, 0.717) is 0 Å². The molecule has 0 heterocycles. The van der Waals surface area contributed by atoms with E-state index < -0.39 is 0 Å². The summed E-state index contributed by atoms with van der Waals surface area (Å²) in [4.78, 5) is 11.4. The summed E-state index contributed by atoms with van der Waals surface area (Å²) >= 11 is 0. The smallest absolute Gasteiger partial charge is 0.261 e. The summed E-state index contributed by atoms with van der Waals surface area (Å²) in [7, 11) is 0. The van der Waals surface area contributed by atoms with Gasteiger partial charge in [-0.05, 0) is 31.5 Å². The molecule has 20 heavy (non-hydrogen) atoms. The molecule has 3 nitrogen and oxygen atoms in total. The van der Waals surface area contributed by atoms with E-state index >= 15 is 0 Å². The first-order chi connectivity index (χ1) is 9.38. The molecule has 2 aromatic rings. The van der Waals surface area contributed by atoms with Crippen molar-refractivity contribution in [2.24, 2.45) is 0 Å². The number of quaternary nitrogens is 1. The van der Waals surface area contributed by atoms with Crippen LogP contribution in [0.4, 0.5) is 0 Å². The first-order valence-corrected chi connectivity index (χ1v) is 6.98. The second-order valence-corrected chi connectivity index (χ2v) is 6.22. The molecule has 1 amide bonds. The third-order valence-corrected chi connectivity index (χ3v) is 3.48. The molecule has 0 aliphatic rings. The normalized spacial score (nSPS) is 13.2. The quantitative estimate of drug-likeness (QED) is 0.823. The Hall–Kier alpha value is -1.87. The van der Waals surface area contributed by atoms with Crippen molar-refractivity contribution >= 4 is 16.7 Å². The maximum absolute atomic E-state index is 11.4.